The number of sulfone groups is 1. The molecule has 10 heteroatoms. The number of alkyl halides is 3. The second kappa shape index (κ2) is 7.76. The zero-order valence-corrected chi connectivity index (χ0v) is 15.8. The number of halogens is 3. The molecule has 0 unspecified atom stereocenters. The number of aromatic nitrogens is 2. The number of ketones is 1. The molecule has 0 amide bonds. The molecule has 0 spiro atoms. The molecule has 3 rings (SSSR count). The van der Waals surface area contributed by atoms with Gasteiger partial charge < -0.3 is 4.52 Å². The molecule has 28 heavy (non-hydrogen) atoms. The topological polar surface area (TPSA) is 90.1 Å². The molecule has 146 valence electrons. The number of nitrogens with zero attached hydrogens (tertiary/aromatic N) is 2. The molecule has 1 aromatic heterocycles. The Labute approximate surface area is 164 Å². The summed E-state index contributed by atoms with van der Waals surface area (Å²) in [4.78, 5) is 15.8. The van der Waals surface area contributed by atoms with Gasteiger partial charge in [-0.3, -0.25) is 4.79 Å². The number of Topliss-reactive ketones (excluding diaryl/α,β-unsaturated/α-hetero) is 1. The number of benzene rings is 2. The van der Waals surface area contributed by atoms with Crippen molar-refractivity contribution in [3.63, 3.8) is 0 Å². The maximum absolute atomic E-state index is 12.9. The second-order valence-corrected chi connectivity index (χ2v) is 8.48. The van der Waals surface area contributed by atoms with Crippen LogP contribution in [0.2, 0.25) is 0 Å². The number of hydrogen-bond donors (Lipinski definition) is 0. The Kier molecular flexibility index (Phi) is 5.57. The fourth-order valence-corrected chi connectivity index (χ4v) is 3.87. The van der Waals surface area contributed by atoms with Crippen molar-refractivity contribution in [3.05, 3.63) is 71.6 Å². The van der Waals surface area contributed by atoms with Crippen molar-refractivity contribution in [2.24, 2.45) is 0 Å². The molecule has 0 bridgehead atoms. The van der Waals surface area contributed by atoms with Crippen molar-refractivity contribution in [1.82, 2.24) is 10.1 Å². The van der Waals surface area contributed by atoms with Gasteiger partial charge in [0.25, 0.3) is 0 Å². The standard InChI is InChI=1S/C18H13ClF2N2O4S/c19-18(20,21)17-22-16(23-27-17)14-8-6-13(7-9-14)15(24)11-28(25,26)10-12-4-2-1-3-5-12/h1-9H,10-11H2. The molecular weight excluding hydrogens is 414 g/mol. The molecule has 1 heterocycles. The number of rotatable bonds is 7. The molecule has 0 aliphatic rings. The Morgan fingerprint density at radius 1 is 1.07 bits per heavy atom. The predicted octanol–water partition coefficient (Wildman–Crippen LogP) is 3.82. The molecule has 0 saturated carbocycles. The minimum Gasteiger partial charge on any atom is -0.331 e. The average molecular weight is 427 g/mol. The predicted molar refractivity (Wildman–Crippen MR) is 97.7 cm³/mol. The van der Waals surface area contributed by atoms with Crippen LogP contribution < -0.4 is 0 Å². The van der Waals surface area contributed by atoms with E-state index in [4.69, 9.17) is 11.6 Å². The Bertz CT molecular complexity index is 1080. The third kappa shape index (κ3) is 4.99. The lowest BCUT2D eigenvalue weighted by Gasteiger charge is -2.05. The quantitative estimate of drug-likeness (QED) is 0.421. The van der Waals surface area contributed by atoms with Gasteiger partial charge >= 0.3 is 11.3 Å². The average Bonchev–Trinajstić information content (AvgIpc) is 3.12. The molecule has 0 fully saturated rings. The van der Waals surface area contributed by atoms with Crippen molar-refractivity contribution < 1.29 is 26.5 Å². The van der Waals surface area contributed by atoms with Crippen molar-refractivity contribution >= 4 is 27.2 Å². The van der Waals surface area contributed by atoms with Crippen LogP contribution in [0.1, 0.15) is 21.8 Å². The first-order valence-corrected chi connectivity index (χ1v) is 10.1. The molecule has 3 aromatic rings. The van der Waals surface area contributed by atoms with Crippen LogP contribution in [0.25, 0.3) is 11.4 Å². The van der Waals surface area contributed by atoms with Gasteiger partial charge in [-0.15, -0.1) is 0 Å². The zero-order chi connectivity index (χ0) is 20.4. The maximum Gasteiger partial charge on any atom is 0.400 e. The molecule has 0 atom stereocenters. The number of carbonyl (C=O) groups excluding carboxylic acids is 1. The fourth-order valence-electron chi connectivity index (χ4n) is 2.42. The monoisotopic (exact) mass is 426 g/mol. The van der Waals surface area contributed by atoms with E-state index >= 15 is 0 Å². The highest BCUT2D eigenvalue weighted by Crippen LogP contribution is 2.32. The largest absolute Gasteiger partial charge is 0.400 e. The Hall–Kier alpha value is -2.65. The van der Waals surface area contributed by atoms with Crippen molar-refractivity contribution in [2.45, 2.75) is 11.1 Å². The highest BCUT2D eigenvalue weighted by atomic mass is 35.5. The van der Waals surface area contributed by atoms with E-state index < -0.39 is 32.6 Å². The fraction of sp³-hybridized carbons (Fsp3) is 0.167. The van der Waals surface area contributed by atoms with Gasteiger partial charge in [0, 0.05) is 11.1 Å². The lowest BCUT2D eigenvalue weighted by atomic mass is 10.1. The van der Waals surface area contributed by atoms with Crippen LogP contribution in [0, 0.1) is 0 Å². The summed E-state index contributed by atoms with van der Waals surface area (Å²) >= 11 is 4.81. The van der Waals surface area contributed by atoms with Crippen LogP contribution in [0.15, 0.2) is 59.1 Å². The van der Waals surface area contributed by atoms with Crippen molar-refractivity contribution in [2.75, 3.05) is 5.75 Å². The molecule has 0 aliphatic heterocycles. The van der Waals surface area contributed by atoms with Crippen molar-refractivity contribution in [3.8, 4) is 11.4 Å². The summed E-state index contributed by atoms with van der Waals surface area (Å²) in [6.45, 7) is 0. The van der Waals surface area contributed by atoms with E-state index in [9.17, 15) is 22.0 Å². The molecule has 6 nitrogen and oxygen atoms in total. The highest BCUT2D eigenvalue weighted by molar-refractivity contribution is 7.91. The van der Waals surface area contributed by atoms with Crippen LogP contribution >= 0.6 is 11.6 Å². The molecule has 2 aromatic carbocycles. The van der Waals surface area contributed by atoms with Crippen LogP contribution in [0.3, 0.4) is 0 Å². The second-order valence-electron chi connectivity index (χ2n) is 5.94. The first kappa shape index (κ1) is 20.1. The SMILES string of the molecule is O=C(CS(=O)(=O)Cc1ccccc1)c1ccc(-c2noc(C(F)(F)Cl)n2)cc1. The lowest BCUT2D eigenvalue weighted by molar-refractivity contribution is 0.0551. The first-order chi connectivity index (χ1) is 13.1. The Morgan fingerprint density at radius 2 is 1.71 bits per heavy atom. The molecule has 0 N–H and O–H groups in total. The van der Waals surface area contributed by atoms with Gasteiger partial charge in [0.2, 0.25) is 5.82 Å². The van der Waals surface area contributed by atoms with Gasteiger partial charge in [0.05, 0.1) is 5.75 Å². The van der Waals surface area contributed by atoms with E-state index in [0.717, 1.165) is 0 Å². The first-order valence-electron chi connectivity index (χ1n) is 7.93. The van der Waals surface area contributed by atoms with Gasteiger partial charge in [-0.25, -0.2) is 8.42 Å². The minimum absolute atomic E-state index is 0.133. The summed E-state index contributed by atoms with van der Waals surface area (Å²) in [5.74, 6) is -2.65. The lowest BCUT2D eigenvalue weighted by Crippen LogP contribution is -2.18. The highest BCUT2D eigenvalue weighted by Gasteiger charge is 2.35. The molecule has 0 aliphatic carbocycles. The van der Waals surface area contributed by atoms with Crippen LogP contribution in [0.5, 0.6) is 0 Å². The molecular formula is C18H13ClF2N2O4S. The van der Waals surface area contributed by atoms with Crippen LogP contribution in [-0.2, 0) is 21.0 Å². The van der Waals surface area contributed by atoms with Crippen LogP contribution in [-0.4, -0.2) is 30.1 Å². The normalized spacial score (nSPS) is 12.1. The number of carbonyl (C=O) groups is 1. The summed E-state index contributed by atoms with van der Waals surface area (Å²) in [6.07, 6.45) is 0. The van der Waals surface area contributed by atoms with Crippen molar-refractivity contribution in [1.29, 1.82) is 0 Å². The van der Waals surface area contributed by atoms with E-state index in [1.165, 1.54) is 24.3 Å². The number of hydrogen-bond acceptors (Lipinski definition) is 6. The molecule has 0 saturated heterocycles. The van der Waals surface area contributed by atoms with Gasteiger partial charge in [-0.1, -0.05) is 59.8 Å². The third-order valence-corrected chi connectivity index (χ3v) is 5.35. The van der Waals surface area contributed by atoms with Gasteiger partial charge in [-0.2, -0.15) is 13.8 Å². The van der Waals surface area contributed by atoms with E-state index in [1.807, 2.05) is 0 Å². The van der Waals surface area contributed by atoms with Gasteiger partial charge in [-0.05, 0) is 17.2 Å². The van der Waals surface area contributed by atoms with Crippen LogP contribution in [0.4, 0.5) is 8.78 Å². The molecule has 0 radical (unpaired) electrons. The van der Waals surface area contributed by atoms with Gasteiger partial charge in [0.15, 0.2) is 15.6 Å². The summed E-state index contributed by atoms with van der Waals surface area (Å²) in [5.41, 5.74) is 1.06. The minimum atomic E-state index is -3.78. The Morgan fingerprint density at radius 3 is 2.29 bits per heavy atom. The van der Waals surface area contributed by atoms with Gasteiger partial charge in [0.1, 0.15) is 5.75 Å². The maximum atomic E-state index is 12.9. The summed E-state index contributed by atoms with van der Waals surface area (Å²) < 4.78 is 54.7. The third-order valence-electron chi connectivity index (χ3n) is 3.71. The summed E-state index contributed by atoms with van der Waals surface area (Å²) in [6, 6.07) is 14.1. The summed E-state index contributed by atoms with van der Waals surface area (Å²) in [7, 11) is -3.64. The van der Waals surface area contributed by atoms with E-state index in [-0.39, 0.29) is 17.1 Å². The smallest absolute Gasteiger partial charge is 0.331 e. The zero-order valence-electron chi connectivity index (χ0n) is 14.2. The Balaban J connectivity index is 1.71. The van der Waals surface area contributed by atoms with E-state index in [1.54, 1.807) is 30.3 Å². The van der Waals surface area contributed by atoms with E-state index in [2.05, 4.69) is 14.7 Å². The summed E-state index contributed by atoms with van der Waals surface area (Å²) in [5, 5.41) is -0.381. The van der Waals surface area contributed by atoms with E-state index in [0.29, 0.717) is 11.1 Å².